The van der Waals surface area contributed by atoms with Gasteiger partial charge in [-0.05, 0) is 25.3 Å². The predicted octanol–water partition coefficient (Wildman–Crippen LogP) is 1.10. The summed E-state index contributed by atoms with van der Waals surface area (Å²) < 4.78 is 0. The van der Waals surface area contributed by atoms with Gasteiger partial charge in [0.1, 0.15) is 0 Å². The molecule has 0 aromatic rings. The minimum atomic E-state index is -0.0367. The number of hydrogen-bond acceptors (Lipinski definition) is 2. The summed E-state index contributed by atoms with van der Waals surface area (Å²) in [6, 6.07) is 0. The number of aliphatic hydroxyl groups excluding tert-OH is 1. The zero-order valence-corrected chi connectivity index (χ0v) is 7.22. The average Bonchev–Trinajstić information content (AvgIpc) is 1.94. The van der Waals surface area contributed by atoms with Crippen LogP contribution in [-0.2, 0) is 0 Å². The lowest BCUT2D eigenvalue weighted by Gasteiger charge is -2.31. The van der Waals surface area contributed by atoms with Gasteiger partial charge in [0.2, 0.25) is 0 Å². The lowest BCUT2D eigenvalue weighted by Crippen LogP contribution is -2.36. The maximum Gasteiger partial charge on any atom is 0.0546 e. The number of nitrogens with one attached hydrogen (secondary N) is 1. The number of aliphatic hydroxyl groups is 1. The number of rotatable bonds is 4. The Kier molecular flexibility index (Phi) is 3.91. The fraction of sp³-hybridized carbons (Fsp3) is 0.750. The first-order valence-corrected chi connectivity index (χ1v) is 4.40. The summed E-state index contributed by atoms with van der Waals surface area (Å²) in [5.74, 6) is 0.675. The zero-order chi connectivity index (χ0) is 8.10. The third-order valence-corrected chi connectivity index (χ3v) is 2.17. The molecule has 11 heavy (non-hydrogen) atoms. The highest BCUT2D eigenvalue weighted by molar-refractivity contribution is 6.25. The molecule has 0 heterocycles. The van der Waals surface area contributed by atoms with E-state index in [1.165, 1.54) is 5.54 Å². The second kappa shape index (κ2) is 4.75. The van der Waals surface area contributed by atoms with E-state index in [4.69, 9.17) is 16.7 Å². The molecule has 1 saturated carbocycles. The molecule has 0 aromatic carbocycles. The molecule has 0 aromatic heterocycles. The van der Waals surface area contributed by atoms with Gasteiger partial charge in [0.15, 0.2) is 0 Å². The Hall–Kier alpha value is -0.0500. The van der Waals surface area contributed by atoms with Crippen LogP contribution in [0.4, 0.5) is 0 Å². The highest BCUT2D eigenvalue weighted by Gasteiger charge is 2.25. The van der Waals surface area contributed by atoms with Crippen molar-refractivity contribution in [3.8, 4) is 0 Å². The van der Waals surface area contributed by atoms with Crippen LogP contribution in [0.1, 0.15) is 12.8 Å². The third-order valence-electron chi connectivity index (χ3n) is 2.00. The Bertz CT molecular complexity index is 132. The Labute approximate surface area is 72.2 Å². The Morgan fingerprint density at radius 1 is 1.55 bits per heavy atom. The maximum absolute atomic E-state index is 8.96. The fourth-order valence-electron chi connectivity index (χ4n) is 1.28. The van der Waals surface area contributed by atoms with E-state index in [1.807, 2.05) is 6.08 Å². The lowest BCUT2D eigenvalue weighted by atomic mass is 9.82. The van der Waals surface area contributed by atoms with E-state index in [0.29, 0.717) is 5.92 Å². The molecule has 0 saturated heterocycles. The topological polar surface area (TPSA) is 32.3 Å². The van der Waals surface area contributed by atoms with Crippen molar-refractivity contribution in [2.75, 3.05) is 13.1 Å². The Balaban J connectivity index is 1.88. The van der Waals surface area contributed by atoms with Crippen LogP contribution in [-0.4, -0.2) is 24.3 Å². The second-order valence-electron chi connectivity index (χ2n) is 3.01. The molecule has 3 heteroatoms. The van der Waals surface area contributed by atoms with Crippen LogP contribution in [0.15, 0.2) is 11.6 Å². The summed E-state index contributed by atoms with van der Waals surface area (Å²) in [5.41, 5.74) is 1.52. The van der Waals surface area contributed by atoms with Crippen molar-refractivity contribution >= 4 is 11.6 Å². The van der Waals surface area contributed by atoms with E-state index in [9.17, 15) is 0 Å². The molecule has 0 radical (unpaired) electrons. The summed E-state index contributed by atoms with van der Waals surface area (Å²) in [5, 5.41) is 12.2. The van der Waals surface area contributed by atoms with Gasteiger partial charge in [-0.3, -0.25) is 0 Å². The molecule has 1 fully saturated rings. The van der Waals surface area contributed by atoms with Gasteiger partial charge in [-0.25, -0.2) is 0 Å². The highest BCUT2D eigenvalue weighted by Crippen LogP contribution is 2.25. The number of halogens is 1. The molecule has 1 rings (SSSR count). The second-order valence-corrected chi connectivity index (χ2v) is 3.26. The molecule has 0 atom stereocenters. The minimum absolute atomic E-state index is 0.0367. The van der Waals surface area contributed by atoms with Crippen LogP contribution in [0, 0.1) is 5.92 Å². The summed E-state index contributed by atoms with van der Waals surface area (Å²) in [6.07, 6.45) is 3.75. The van der Waals surface area contributed by atoms with E-state index in [-0.39, 0.29) is 6.10 Å². The molecule has 0 amide bonds. The molecule has 1 aliphatic carbocycles. The largest absolute Gasteiger partial charge is 0.393 e. The van der Waals surface area contributed by atoms with Gasteiger partial charge in [0.05, 0.1) is 6.10 Å². The summed E-state index contributed by atoms with van der Waals surface area (Å²) >= 11 is 5.33. The van der Waals surface area contributed by atoms with Crippen LogP contribution < -0.4 is 5.32 Å². The van der Waals surface area contributed by atoms with E-state index in [2.05, 4.69) is 5.32 Å². The standard InChI is InChI=1S/C8H14ClNO/c9-2-1-3-10-6-7-4-8(11)5-7/h1-2,7-8,10-11H,3-6H2/b2-1+. The van der Waals surface area contributed by atoms with Crippen LogP contribution in [0.5, 0.6) is 0 Å². The van der Waals surface area contributed by atoms with Gasteiger partial charge < -0.3 is 10.4 Å². The molecule has 0 spiro atoms. The Morgan fingerprint density at radius 2 is 2.27 bits per heavy atom. The number of hydrogen-bond donors (Lipinski definition) is 2. The van der Waals surface area contributed by atoms with Crippen molar-refractivity contribution in [3.63, 3.8) is 0 Å². The summed E-state index contributed by atoms with van der Waals surface area (Å²) in [7, 11) is 0. The molecule has 2 nitrogen and oxygen atoms in total. The van der Waals surface area contributed by atoms with Gasteiger partial charge in [-0.2, -0.15) is 0 Å². The normalized spacial score (nSPS) is 30.7. The van der Waals surface area contributed by atoms with Crippen molar-refractivity contribution in [3.05, 3.63) is 11.6 Å². The SMILES string of the molecule is OC1CC(CNC/C=C/Cl)C1. The van der Waals surface area contributed by atoms with Gasteiger partial charge >= 0.3 is 0 Å². The molecular weight excluding hydrogens is 162 g/mol. The first kappa shape index (κ1) is 9.04. The molecular formula is C8H14ClNO. The predicted molar refractivity (Wildman–Crippen MR) is 46.6 cm³/mol. The monoisotopic (exact) mass is 175 g/mol. The van der Waals surface area contributed by atoms with Crippen molar-refractivity contribution in [1.29, 1.82) is 0 Å². The van der Waals surface area contributed by atoms with Crippen molar-refractivity contribution in [1.82, 2.24) is 5.32 Å². The van der Waals surface area contributed by atoms with Crippen LogP contribution >= 0.6 is 11.6 Å². The van der Waals surface area contributed by atoms with E-state index < -0.39 is 0 Å². The van der Waals surface area contributed by atoms with Crippen LogP contribution in [0.2, 0.25) is 0 Å². The molecule has 0 bridgehead atoms. The maximum atomic E-state index is 8.96. The zero-order valence-electron chi connectivity index (χ0n) is 6.46. The fourth-order valence-corrected chi connectivity index (χ4v) is 1.37. The van der Waals surface area contributed by atoms with Gasteiger partial charge in [-0.15, -0.1) is 0 Å². The highest BCUT2D eigenvalue weighted by atomic mass is 35.5. The molecule has 0 unspecified atom stereocenters. The molecule has 2 N–H and O–H groups in total. The van der Waals surface area contributed by atoms with Crippen molar-refractivity contribution in [2.24, 2.45) is 5.92 Å². The van der Waals surface area contributed by atoms with E-state index >= 15 is 0 Å². The van der Waals surface area contributed by atoms with Gasteiger partial charge in [0, 0.05) is 12.1 Å². The smallest absolute Gasteiger partial charge is 0.0546 e. The van der Waals surface area contributed by atoms with Gasteiger partial charge in [0.25, 0.3) is 0 Å². The first-order valence-electron chi connectivity index (χ1n) is 3.97. The van der Waals surface area contributed by atoms with Crippen molar-refractivity contribution < 1.29 is 5.11 Å². The minimum Gasteiger partial charge on any atom is -0.393 e. The van der Waals surface area contributed by atoms with Crippen LogP contribution in [0.3, 0.4) is 0 Å². The van der Waals surface area contributed by atoms with Crippen molar-refractivity contribution in [2.45, 2.75) is 18.9 Å². The molecule has 0 aliphatic heterocycles. The van der Waals surface area contributed by atoms with E-state index in [0.717, 1.165) is 25.9 Å². The molecule has 64 valence electrons. The summed E-state index contributed by atoms with van der Waals surface area (Å²) in [4.78, 5) is 0. The Morgan fingerprint density at radius 3 is 2.82 bits per heavy atom. The van der Waals surface area contributed by atoms with E-state index in [1.54, 1.807) is 0 Å². The molecule has 1 aliphatic rings. The van der Waals surface area contributed by atoms with Gasteiger partial charge in [-0.1, -0.05) is 17.7 Å². The average molecular weight is 176 g/mol. The lowest BCUT2D eigenvalue weighted by molar-refractivity contribution is 0.0435. The van der Waals surface area contributed by atoms with Crippen LogP contribution in [0.25, 0.3) is 0 Å². The third kappa shape index (κ3) is 3.23. The first-order chi connectivity index (χ1) is 5.33. The quantitative estimate of drug-likeness (QED) is 0.628. The summed E-state index contributed by atoms with van der Waals surface area (Å²) in [6.45, 7) is 1.83.